The van der Waals surface area contributed by atoms with E-state index in [-0.39, 0.29) is 4.90 Å². The van der Waals surface area contributed by atoms with Gasteiger partial charge in [-0.05, 0) is 18.6 Å². The highest BCUT2D eigenvalue weighted by molar-refractivity contribution is 7.92. The highest BCUT2D eigenvalue weighted by atomic mass is 32.2. The third-order valence-corrected chi connectivity index (χ3v) is 4.57. The molecule has 0 unspecified atom stereocenters. The zero-order valence-corrected chi connectivity index (χ0v) is 12.7. The molecule has 0 saturated carbocycles. The molecular formula is C13H17N5O2S. The predicted molar refractivity (Wildman–Crippen MR) is 80.6 cm³/mol. The van der Waals surface area contributed by atoms with Crippen LogP contribution in [0.4, 0.5) is 11.6 Å². The van der Waals surface area contributed by atoms with Crippen molar-refractivity contribution < 1.29 is 8.42 Å². The highest BCUT2D eigenvalue weighted by Gasteiger charge is 2.22. The summed E-state index contributed by atoms with van der Waals surface area (Å²) in [5.41, 5.74) is 0.477. The molecule has 0 atom stereocenters. The van der Waals surface area contributed by atoms with Crippen LogP contribution in [-0.4, -0.2) is 37.0 Å². The second-order valence-electron chi connectivity index (χ2n) is 4.35. The number of hydrogen-bond acceptors (Lipinski definition) is 6. The number of nitrogens with one attached hydrogen (secondary N) is 1. The topological polar surface area (TPSA) is 88.1 Å². The molecule has 21 heavy (non-hydrogen) atoms. The van der Waals surface area contributed by atoms with Crippen molar-refractivity contribution in [2.45, 2.75) is 18.2 Å². The smallest absolute Gasteiger partial charge is 0.267 e. The molecule has 0 amide bonds. The van der Waals surface area contributed by atoms with Crippen molar-refractivity contribution >= 4 is 21.7 Å². The van der Waals surface area contributed by atoms with Crippen LogP contribution in [0.3, 0.4) is 0 Å². The van der Waals surface area contributed by atoms with Crippen LogP contribution in [0.15, 0.2) is 41.8 Å². The van der Waals surface area contributed by atoms with Crippen LogP contribution in [0.5, 0.6) is 0 Å². The number of hydrogen-bond donors (Lipinski definition) is 1. The standard InChI is InChI=1S/C13H17N5O2S/c1-3-6-15-13-16-9-12(10-17-13)21(19,20)18(2)11-5-4-7-14-8-11/h4-5,7-10H,3,6H2,1-2H3,(H,15,16,17). The van der Waals surface area contributed by atoms with Gasteiger partial charge in [0.25, 0.3) is 10.0 Å². The number of aromatic nitrogens is 3. The van der Waals surface area contributed by atoms with Crippen molar-refractivity contribution in [2.75, 3.05) is 23.2 Å². The zero-order chi connectivity index (χ0) is 15.3. The van der Waals surface area contributed by atoms with Crippen molar-refractivity contribution in [1.29, 1.82) is 0 Å². The molecule has 0 bridgehead atoms. The van der Waals surface area contributed by atoms with E-state index in [0.29, 0.717) is 11.6 Å². The summed E-state index contributed by atoms with van der Waals surface area (Å²) in [6, 6.07) is 3.35. The fraction of sp³-hybridized carbons (Fsp3) is 0.308. The summed E-state index contributed by atoms with van der Waals surface area (Å²) >= 11 is 0. The minimum Gasteiger partial charge on any atom is -0.354 e. The highest BCUT2D eigenvalue weighted by Crippen LogP contribution is 2.20. The number of nitrogens with zero attached hydrogens (tertiary/aromatic N) is 4. The van der Waals surface area contributed by atoms with Crippen LogP contribution < -0.4 is 9.62 Å². The summed E-state index contributed by atoms with van der Waals surface area (Å²) in [4.78, 5) is 12.0. The van der Waals surface area contributed by atoms with Crippen LogP contribution in [0, 0.1) is 0 Å². The van der Waals surface area contributed by atoms with Gasteiger partial charge in [0.2, 0.25) is 5.95 Å². The molecule has 0 aliphatic rings. The number of anilines is 2. The van der Waals surface area contributed by atoms with Gasteiger partial charge in [-0.25, -0.2) is 18.4 Å². The van der Waals surface area contributed by atoms with Gasteiger partial charge in [-0.2, -0.15) is 0 Å². The lowest BCUT2D eigenvalue weighted by Gasteiger charge is -2.18. The Kier molecular flexibility index (Phi) is 4.69. The predicted octanol–water partition coefficient (Wildman–Crippen LogP) is 1.52. The summed E-state index contributed by atoms with van der Waals surface area (Å²) in [6.45, 7) is 2.76. The first-order valence-electron chi connectivity index (χ1n) is 6.50. The SMILES string of the molecule is CCCNc1ncc(S(=O)(=O)N(C)c2cccnc2)cn1. The van der Waals surface area contributed by atoms with E-state index in [2.05, 4.69) is 20.3 Å². The van der Waals surface area contributed by atoms with E-state index in [1.54, 1.807) is 18.3 Å². The van der Waals surface area contributed by atoms with Crippen molar-refractivity contribution in [3.8, 4) is 0 Å². The molecule has 0 fully saturated rings. The molecule has 0 aliphatic heterocycles. The lowest BCUT2D eigenvalue weighted by atomic mass is 10.4. The van der Waals surface area contributed by atoms with Gasteiger partial charge >= 0.3 is 0 Å². The summed E-state index contributed by atoms with van der Waals surface area (Å²) < 4.78 is 26.1. The molecule has 0 saturated heterocycles. The molecule has 8 heteroatoms. The van der Waals surface area contributed by atoms with E-state index in [9.17, 15) is 8.42 Å². The summed E-state index contributed by atoms with van der Waals surface area (Å²) in [5, 5.41) is 2.99. The second-order valence-corrected chi connectivity index (χ2v) is 6.32. The van der Waals surface area contributed by atoms with Gasteiger partial charge < -0.3 is 5.32 Å². The van der Waals surface area contributed by atoms with Crippen molar-refractivity contribution in [1.82, 2.24) is 15.0 Å². The molecule has 2 heterocycles. The molecule has 2 aromatic rings. The molecule has 0 radical (unpaired) electrons. The van der Waals surface area contributed by atoms with Crippen LogP contribution in [0.25, 0.3) is 0 Å². The minimum atomic E-state index is -3.69. The van der Waals surface area contributed by atoms with Gasteiger partial charge in [0, 0.05) is 19.8 Å². The van der Waals surface area contributed by atoms with Crippen LogP contribution in [0.1, 0.15) is 13.3 Å². The molecule has 2 aromatic heterocycles. The maximum Gasteiger partial charge on any atom is 0.267 e. The Morgan fingerprint density at radius 1 is 1.24 bits per heavy atom. The van der Waals surface area contributed by atoms with E-state index >= 15 is 0 Å². The van der Waals surface area contributed by atoms with Gasteiger partial charge in [-0.3, -0.25) is 9.29 Å². The second kappa shape index (κ2) is 6.49. The largest absolute Gasteiger partial charge is 0.354 e. The van der Waals surface area contributed by atoms with Gasteiger partial charge in [0.15, 0.2) is 0 Å². The Morgan fingerprint density at radius 2 is 1.95 bits per heavy atom. The maximum atomic E-state index is 12.5. The lowest BCUT2D eigenvalue weighted by molar-refractivity contribution is 0.593. The first kappa shape index (κ1) is 15.2. The Hall–Kier alpha value is -2.22. The summed E-state index contributed by atoms with van der Waals surface area (Å²) in [5.74, 6) is 0.417. The van der Waals surface area contributed by atoms with Gasteiger partial charge in [-0.1, -0.05) is 6.92 Å². The quantitative estimate of drug-likeness (QED) is 0.870. The molecule has 112 valence electrons. The Bertz CT molecular complexity index is 673. The average molecular weight is 307 g/mol. The number of rotatable bonds is 6. The minimum absolute atomic E-state index is 0.0379. The van der Waals surface area contributed by atoms with E-state index in [1.807, 2.05) is 6.92 Å². The molecule has 0 aliphatic carbocycles. The Morgan fingerprint density at radius 3 is 2.52 bits per heavy atom. The van der Waals surface area contributed by atoms with E-state index < -0.39 is 10.0 Å². The molecule has 7 nitrogen and oxygen atoms in total. The average Bonchev–Trinajstić information content (AvgIpc) is 2.53. The van der Waals surface area contributed by atoms with E-state index in [4.69, 9.17) is 0 Å². The normalized spacial score (nSPS) is 11.1. The fourth-order valence-electron chi connectivity index (χ4n) is 1.61. The first-order valence-corrected chi connectivity index (χ1v) is 7.94. The van der Waals surface area contributed by atoms with E-state index in [1.165, 1.54) is 25.6 Å². The van der Waals surface area contributed by atoms with Crippen LogP contribution in [0.2, 0.25) is 0 Å². The van der Waals surface area contributed by atoms with E-state index in [0.717, 1.165) is 17.3 Å². The summed E-state index contributed by atoms with van der Waals surface area (Å²) in [6.07, 6.45) is 6.60. The molecule has 0 aromatic carbocycles. The fourth-order valence-corrected chi connectivity index (χ4v) is 2.69. The third kappa shape index (κ3) is 3.46. The monoisotopic (exact) mass is 307 g/mol. The van der Waals surface area contributed by atoms with Crippen molar-refractivity contribution in [2.24, 2.45) is 0 Å². The van der Waals surface area contributed by atoms with Gasteiger partial charge in [0.1, 0.15) is 4.90 Å². The number of pyridine rings is 1. The van der Waals surface area contributed by atoms with Crippen molar-refractivity contribution in [3.63, 3.8) is 0 Å². The molecular weight excluding hydrogens is 290 g/mol. The van der Waals surface area contributed by atoms with Crippen LogP contribution >= 0.6 is 0 Å². The van der Waals surface area contributed by atoms with Crippen LogP contribution in [-0.2, 0) is 10.0 Å². The lowest BCUT2D eigenvalue weighted by Crippen LogP contribution is -2.27. The number of sulfonamides is 1. The molecule has 1 N–H and O–H groups in total. The Balaban J connectivity index is 2.23. The molecule has 0 spiro atoms. The van der Waals surface area contributed by atoms with Crippen molar-refractivity contribution in [3.05, 3.63) is 36.9 Å². The first-order chi connectivity index (χ1) is 10.1. The zero-order valence-electron chi connectivity index (χ0n) is 11.9. The van der Waals surface area contributed by atoms with Gasteiger partial charge in [-0.15, -0.1) is 0 Å². The maximum absolute atomic E-state index is 12.5. The third-order valence-electron chi connectivity index (χ3n) is 2.83. The Labute approximate surface area is 124 Å². The summed E-state index contributed by atoms with van der Waals surface area (Å²) in [7, 11) is -2.22. The van der Waals surface area contributed by atoms with Gasteiger partial charge in [0.05, 0.1) is 24.3 Å². The molecule has 2 rings (SSSR count).